The summed E-state index contributed by atoms with van der Waals surface area (Å²) in [6.45, 7) is 17.2. The number of aliphatic carboxylic acids is 1. The molecule has 0 spiro atoms. The van der Waals surface area contributed by atoms with Crippen LogP contribution in [-0.2, 0) is 19.2 Å². The average molecular weight is 613 g/mol. The second-order valence-electron chi connectivity index (χ2n) is 14.0. The molecule has 0 aliphatic heterocycles. The first-order valence-corrected chi connectivity index (χ1v) is 15.7. The molecule has 43 heavy (non-hydrogen) atoms. The molecule has 0 fully saturated rings. The number of carboxylic acid groups (broad SMARTS) is 1. The van der Waals surface area contributed by atoms with Crippen LogP contribution in [0.4, 0.5) is 4.79 Å². The zero-order valence-electron chi connectivity index (χ0n) is 27.9. The maximum absolute atomic E-state index is 13.3. The molecule has 12 heteroatoms. The van der Waals surface area contributed by atoms with E-state index >= 15 is 0 Å². The predicted octanol–water partition coefficient (Wildman–Crippen LogP) is 3.18. The first kappa shape index (κ1) is 40.1. The zero-order chi connectivity index (χ0) is 33.2. The number of carbonyl (C=O) groups is 5. The molecule has 0 aliphatic rings. The Morgan fingerprint density at radius 3 is 1.86 bits per heavy atom. The maximum Gasteiger partial charge on any atom is 0.326 e. The highest BCUT2D eigenvalue weighted by molar-refractivity contribution is 5.93. The van der Waals surface area contributed by atoms with Gasteiger partial charge in [0.1, 0.15) is 18.1 Å². The minimum atomic E-state index is -1.16. The summed E-state index contributed by atoms with van der Waals surface area (Å²) in [5, 5.41) is 23.6. The molecule has 0 aromatic rings. The normalized spacial score (nSPS) is 14.0. The molecular formula is C31H60N6O6. The monoisotopic (exact) mass is 612 g/mol. The van der Waals surface area contributed by atoms with Crippen molar-refractivity contribution in [3.8, 4) is 0 Å². The summed E-state index contributed by atoms with van der Waals surface area (Å²) in [5.74, 6) is -2.81. The smallest absolute Gasteiger partial charge is 0.326 e. The van der Waals surface area contributed by atoms with E-state index in [1.54, 1.807) is 13.8 Å². The fraction of sp³-hybridized carbons (Fsp3) is 0.839. The molecule has 0 saturated carbocycles. The van der Waals surface area contributed by atoms with Gasteiger partial charge in [-0.05, 0) is 83.6 Å². The van der Waals surface area contributed by atoms with Crippen LogP contribution in [0.25, 0.3) is 0 Å². The molecule has 0 saturated heterocycles. The standard InChI is InChI=1S/C31H60N6O6/c1-21(2)25(37-24(38)17-10-9-12-18-30(3,4)5)27(40)35-22(16-14-19-33-29(32)43)26(39)36-23(28(41)42)15-11-13-20-34-31(6,7)8/h21-23,25,34H,9-20H2,1-8H3,(H,35,40)(H,36,39)(H,37,38)(H,41,42)(H3,32,33,43)/t22-,23-,25-/m0/s1. The van der Waals surface area contributed by atoms with Gasteiger partial charge in [-0.25, -0.2) is 9.59 Å². The second kappa shape index (κ2) is 20.1. The van der Waals surface area contributed by atoms with E-state index in [-0.39, 0.29) is 42.2 Å². The summed E-state index contributed by atoms with van der Waals surface area (Å²) in [6, 6.07) is -3.77. The molecule has 0 unspecified atom stereocenters. The number of primary amides is 1. The lowest BCUT2D eigenvalue weighted by Crippen LogP contribution is -2.57. The Morgan fingerprint density at radius 2 is 1.33 bits per heavy atom. The van der Waals surface area contributed by atoms with Crippen LogP contribution in [0, 0.1) is 11.3 Å². The van der Waals surface area contributed by atoms with E-state index in [0.29, 0.717) is 25.8 Å². The first-order chi connectivity index (χ1) is 19.8. The summed E-state index contributed by atoms with van der Waals surface area (Å²) < 4.78 is 0. The number of nitrogens with one attached hydrogen (secondary N) is 5. The molecule has 0 rings (SSSR count). The van der Waals surface area contributed by atoms with Gasteiger partial charge in [-0.2, -0.15) is 0 Å². The molecule has 0 radical (unpaired) electrons. The molecule has 0 aromatic heterocycles. The third-order valence-corrected chi connectivity index (χ3v) is 6.89. The third kappa shape index (κ3) is 21.4. The van der Waals surface area contributed by atoms with Crippen molar-refractivity contribution >= 4 is 29.7 Å². The number of nitrogens with two attached hydrogens (primary N) is 1. The Morgan fingerprint density at radius 1 is 0.721 bits per heavy atom. The van der Waals surface area contributed by atoms with Crippen LogP contribution in [0.1, 0.15) is 120 Å². The molecule has 5 amide bonds. The van der Waals surface area contributed by atoms with Gasteiger partial charge in [0.05, 0.1) is 0 Å². The van der Waals surface area contributed by atoms with Crippen LogP contribution < -0.4 is 32.3 Å². The van der Waals surface area contributed by atoms with Crippen LogP contribution in [0.5, 0.6) is 0 Å². The third-order valence-electron chi connectivity index (χ3n) is 6.89. The topological polar surface area (TPSA) is 192 Å². The van der Waals surface area contributed by atoms with Gasteiger partial charge in [0.15, 0.2) is 0 Å². The number of rotatable bonds is 21. The van der Waals surface area contributed by atoms with E-state index in [1.165, 1.54) is 0 Å². The number of unbranched alkanes of at least 4 members (excludes halogenated alkanes) is 3. The molecular weight excluding hydrogens is 552 g/mol. The summed E-state index contributed by atoms with van der Waals surface area (Å²) in [5.41, 5.74) is 5.32. The average Bonchev–Trinajstić information content (AvgIpc) is 2.85. The van der Waals surface area contributed by atoms with Crippen molar-refractivity contribution in [2.75, 3.05) is 13.1 Å². The number of amides is 5. The van der Waals surface area contributed by atoms with Gasteiger partial charge >= 0.3 is 12.0 Å². The summed E-state index contributed by atoms with van der Waals surface area (Å²) in [6.07, 6.45) is 6.03. The van der Waals surface area contributed by atoms with Gasteiger partial charge in [-0.15, -0.1) is 0 Å². The number of carboxylic acids is 1. The van der Waals surface area contributed by atoms with E-state index < -0.39 is 41.9 Å². The Hall–Kier alpha value is -2.89. The highest BCUT2D eigenvalue weighted by Gasteiger charge is 2.30. The molecule has 0 aliphatic carbocycles. The highest BCUT2D eigenvalue weighted by Crippen LogP contribution is 2.22. The van der Waals surface area contributed by atoms with Crippen LogP contribution in [0.3, 0.4) is 0 Å². The highest BCUT2D eigenvalue weighted by atomic mass is 16.4. The molecule has 3 atom stereocenters. The van der Waals surface area contributed by atoms with Crippen molar-refractivity contribution in [2.45, 2.75) is 143 Å². The first-order valence-electron chi connectivity index (χ1n) is 15.7. The number of carbonyl (C=O) groups excluding carboxylic acids is 4. The van der Waals surface area contributed by atoms with Crippen molar-refractivity contribution in [3.05, 3.63) is 0 Å². The van der Waals surface area contributed by atoms with Gasteiger partial charge < -0.3 is 37.4 Å². The van der Waals surface area contributed by atoms with Gasteiger partial charge in [0.25, 0.3) is 0 Å². The lowest BCUT2D eigenvalue weighted by atomic mass is 9.89. The van der Waals surface area contributed by atoms with Crippen molar-refractivity contribution in [2.24, 2.45) is 17.1 Å². The predicted molar refractivity (Wildman–Crippen MR) is 169 cm³/mol. The molecule has 12 nitrogen and oxygen atoms in total. The van der Waals surface area contributed by atoms with E-state index in [1.807, 2.05) is 20.8 Å². The lowest BCUT2D eigenvalue weighted by molar-refractivity contribution is -0.142. The van der Waals surface area contributed by atoms with E-state index in [9.17, 15) is 29.1 Å². The minimum Gasteiger partial charge on any atom is -0.480 e. The fourth-order valence-electron chi connectivity index (χ4n) is 4.41. The quantitative estimate of drug-likeness (QED) is 0.0968. The van der Waals surface area contributed by atoms with Crippen molar-refractivity contribution in [1.82, 2.24) is 26.6 Å². The molecule has 8 N–H and O–H groups in total. The SMILES string of the molecule is CC(C)[C@H](NC(=O)CCCCCC(C)(C)C)C(=O)N[C@@H](CCCNC(N)=O)C(=O)N[C@@H](CCCCNC(C)(C)C)C(=O)O. The summed E-state index contributed by atoms with van der Waals surface area (Å²) >= 11 is 0. The van der Waals surface area contributed by atoms with Crippen molar-refractivity contribution in [1.29, 1.82) is 0 Å². The number of urea groups is 1. The van der Waals surface area contributed by atoms with Crippen molar-refractivity contribution in [3.63, 3.8) is 0 Å². The Balaban J connectivity index is 5.29. The van der Waals surface area contributed by atoms with Crippen LogP contribution in [-0.4, -0.2) is 71.6 Å². The van der Waals surface area contributed by atoms with Crippen LogP contribution in [0.15, 0.2) is 0 Å². The van der Waals surface area contributed by atoms with E-state index in [2.05, 4.69) is 47.4 Å². The maximum atomic E-state index is 13.3. The van der Waals surface area contributed by atoms with E-state index in [4.69, 9.17) is 5.73 Å². The number of hydrogen-bond acceptors (Lipinski definition) is 6. The molecule has 0 bridgehead atoms. The minimum absolute atomic E-state index is 0.0470. The second-order valence-corrected chi connectivity index (χ2v) is 14.0. The van der Waals surface area contributed by atoms with Gasteiger partial charge in [-0.3, -0.25) is 14.4 Å². The zero-order valence-corrected chi connectivity index (χ0v) is 27.9. The summed E-state index contributed by atoms with van der Waals surface area (Å²) in [4.78, 5) is 62.1. The molecule has 0 heterocycles. The summed E-state index contributed by atoms with van der Waals surface area (Å²) in [7, 11) is 0. The molecule has 250 valence electrons. The van der Waals surface area contributed by atoms with Gasteiger partial charge in [0.2, 0.25) is 17.7 Å². The van der Waals surface area contributed by atoms with Crippen LogP contribution in [0.2, 0.25) is 0 Å². The lowest BCUT2D eigenvalue weighted by Gasteiger charge is -2.26. The van der Waals surface area contributed by atoms with Crippen molar-refractivity contribution < 1.29 is 29.1 Å². The van der Waals surface area contributed by atoms with Crippen LogP contribution >= 0.6 is 0 Å². The Kier molecular flexibility index (Phi) is 18.8. The largest absolute Gasteiger partial charge is 0.480 e. The van der Waals surface area contributed by atoms with E-state index in [0.717, 1.165) is 32.1 Å². The number of hydrogen-bond donors (Lipinski definition) is 7. The Bertz CT molecular complexity index is 881. The Labute approximate surface area is 258 Å². The van der Waals surface area contributed by atoms with Gasteiger partial charge in [-0.1, -0.05) is 47.5 Å². The van der Waals surface area contributed by atoms with Gasteiger partial charge in [0, 0.05) is 18.5 Å². The molecule has 0 aromatic carbocycles. The fourth-order valence-corrected chi connectivity index (χ4v) is 4.41.